The van der Waals surface area contributed by atoms with Gasteiger partial charge in [-0.25, -0.2) is 0 Å². The summed E-state index contributed by atoms with van der Waals surface area (Å²) < 4.78 is 10.2. The average Bonchev–Trinajstić information content (AvgIpc) is 2.34. The zero-order valence-electron chi connectivity index (χ0n) is 12.7. The van der Waals surface area contributed by atoms with Crippen molar-refractivity contribution in [2.45, 2.75) is 40.5 Å². The number of esters is 2. The quantitative estimate of drug-likeness (QED) is 0.483. The van der Waals surface area contributed by atoms with Crippen LogP contribution in [-0.2, 0) is 19.1 Å². The van der Waals surface area contributed by atoms with E-state index in [4.69, 9.17) is 9.47 Å². The van der Waals surface area contributed by atoms with Gasteiger partial charge in [-0.05, 0) is 44.6 Å². The second-order valence-electron chi connectivity index (χ2n) is 4.86. The summed E-state index contributed by atoms with van der Waals surface area (Å²) in [5.41, 5.74) is -1.15. The van der Waals surface area contributed by atoms with Crippen LogP contribution in [0, 0.1) is 11.3 Å². The van der Waals surface area contributed by atoms with Gasteiger partial charge in [0.05, 0.1) is 13.2 Å². The molecule has 0 aromatic carbocycles. The third-order valence-corrected chi connectivity index (χ3v) is 3.43. The molecule has 0 fully saturated rings. The number of carbonyl (C=O) groups is 2. The number of rotatable bonds is 9. The predicted octanol–water partition coefficient (Wildman–Crippen LogP) is 2.90. The third-order valence-electron chi connectivity index (χ3n) is 2.82. The Balaban J connectivity index is 5.29. The van der Waals surface area contributed by atoms with Crippen molar-refractivity contribution in [1.82, 2.24) is 0 Å². The number of thioether (sulfide) groups is 1. The maximum atomic E-state index is 12.3. The summed E-state index contributed by atoms with van der Waals surface area (Å²) >= 11 is 1.61. The molecule has 0 N–H and O–H groups in total. The Kier molecular flexibility index (Phi) is 8.89. The first-order chi connectivity index (χ1) is 8.94. The molecule has 0 rings (SSSR count). The molecule has 4 nitrogen and oxygen atoms in total. The van der Waals surface area contributed by atoms with Gasteiger partial charge in [0.25, 0.3) is 0 Å². The van der Waals surface area contributed by atoms with Crippen molar-refractivity contribution in [3.63, 3.8) is 0 Å². The third kappa shape index (κ3) is 5.43. The number of hydrogen-bond acceptors (Lipinski definition) is 5. The summed E-state index contributed by atoms with van der Waals surface area (Å²) in [5.74, 6) is 0.0488. The van der Waals surface area contributed by atoms with E-state index in [1.54, 1.807) is 25.6 Å². The normalized spacial score (nSPS) is 11.5. The Bertz CT molecular complexity index is 271. The van der Waals surface area contributed by atoms with Crippen molar-refractivity contribution in [2.75, 3.05) is 25.2 Å². The standard InChI is InChI=1S/C14H26O4S/c1-6-17-12(15)14(8-9-19-5,10-11(3)4)13(16)18-7-2/h11H,6-10H2,1-5H3. The highest BCUT2D eigenvalue weighted by Gasteiger charge is 2.48. The molecule has 0 aliphatic heterocycles. The van der Waals surface area contributed by atoms with Crippen molar-refractivity contribution < 1.29 is 19.1 Å². The molecular formula is C14H26O4S. The summed E-state index contributed by atoms with van der Waals surface area (Å²) in [6.45, 7) is 8.03. The van der Waals surface area contributed by atoms with Crippen molar-refractivity contribution in [3.8, 4) is 0 Å². The first kappa shape index (κ1) is 18.3. The predicted molar refractivity (Wildman–Crippen MR) is 78.2 cm³/mol. The Hall–Kier alpha value is -0.710. The lowest BCUT2D eigenvalue weighted by molar-refractivity contribution is -0.173. The summed E-state index contributed by atoms with van der Waals surface area (Å²) in [7, 11) is 0. The van der Waals surface area contributed by atoms with Gasteiger partial charge in [0, 0.05) is 0 Å². The van der Waals surface area contributed by atoms with Crippen LogP contribution in [0.3, 0.4) is 0 Å². The largest absolute Gasteiger partial charge is 0.465 e. The second-order valence-corrected chi connectivity index (χ2v) is 5.85. The molecule has 0 heterocycles. The fraction of sp³-hybridized carbons (Fsp3) is 0.857. The highest BCUT2D eigenvalue weighted by Crippen LogP contribution is 2.35. The lowest BCUT2D eigenvalue weighted by atomic mass is 9.77. The molecule has 0 aliphatic carbocycles. The minimum Gasteiger partial charge on any atom is -0.465 e. The molecule has 19 heavy (non-hydrogen) atoms. The molecule has 0 bridgehead atoms. The molecule has 0 aromatic heterocycles. The van der Waals surface area contributed by atoms with Gasteiger partial charge in [0.2, 0.25) is 0 Å². The van der Waals surface area contributed by atoms with Crippen LogP contribution in [0.2, 0.25) is 0 Å². The van der Waals surface area contributed by atoms with E-state index < -0.39 is 17.4 Å². The van der Waals surface area contributed by atoms with E-state index in [-0.39, 0.29) is 19.1 Å². The minimum absolute atomic E-state index is 0.218. The molecule has 0 spiro atoms. The monoisotopic (exact) mass is 290 g/mol. The zero-order valence-corrected chi connectivity index (χ0v) is 13.5. The smallest absolute Gasteiger partial charge is 0.323 e. The zero-order chi connectivity index (χ0) is 14.9. The molecule has 0 amide bonds. The maximum Gasteiger partial charge on any atom is 0.323 e. The Morgan fingerprint density at radius 1 is 1.11 bits per heavy atom. The van der Waals surface area contributed by atoms with Gasteiger partial charge in [-0.2, -0.15) is 11.8 Å². The van der Waals surface area contributed by atoms with Gasteiger partial charge >= 0.3 is 11.9 Å². The van der Waals surface area contributed by atoms with Gasteiger partial charge in [0.15, 0.2) is 5.41 Å². The minimum atomic E-state index is -1.15. The van der Waals surface area contributed by atoms with Crippen LogP contribution in [0.15, 0.2) is 0 Å². The molecule has 0 atom stereocenters. The fourth-order valence-corrected chi connectivity index (χ4v) is 2.62. The molecule has 0 aromatic rings. The Morgan fingerprint density at radius 3 is 1.89 bits per heavy atom. The SMILES string of the molecule is CCOC(=O)C(CCSC)(CC(C)C)C(=O)OCC. The molecule has 0 radical (unpaired) electrons. The fourth-order valence-electron chi connectivity index (χ4n) is 2.07. The van der Waals surface area contributed by atoms with Crippen LogP contribution in [0.25, 0.3) is 0 Å². The van der Waals surface area contributed by atoms with E-state index in [9.17, 15) is 9.59 Å². The number of ether oxygens (including phenoxy) is 2. The van der Waals surface area contributed by atoms with Crippen LogP contribution in [0.5, 0.6) is 0 Å². The molecule has 5 heteroatoms. The Morgan fingerprint density at radius 2 is 1.58 bits per heavy atom. The second kappa shape index (κ2) is 9.23. The first-order valence-electron chi connectivity index (χ1n) is 6.78. The van der Waals surface area contributed by atoms with E-state index in [2.05, 4.69) is 0 Å². The molecule has 0 unspecified atom stereocenters. The summed E-state index contributed by atoms with van der Waals surface area (Å²) in [5, 5.41) is 0. The Labute approximate surface area is 120 Å². The van der Waals surface area contributed by atoms with Gasteiger partial charge < -0.3 is 9.47 Å². The highest BCUT2D eigenvalue weighted by molar-refractivity contribution is 7.98. The molecule has 0 aliphatic rings. The van der Waals surface area contributed by atoms with Gasteiger partial charge in [0.1, 0.15) is 0 Å². The lowest BCUT2D eigenvalue weighted by Gasteiger charge is -2.30. The van der Waals surface area contributed by atoms with Crippen molar-refractivity contribution in [3.05, 3.63) is 0 Å². The first-order valence-corrected chi connectivity index (χ1v) is 8.17. The molecule has 0 saturated heterocycles. The summed E-state index contributed by atoms with van der Waals surface area (Å²) in [4.78, 5) is 24.6. The molecule has 0 saturated carbocycles. The average molecular weight is 290 g/mol. The van der Waals surface area contributed by atoms with Crippen molar-refractivity contribution >= 4 is 23.7 Å². The van der Waals surface area contributed by atoms with E-state index in [0.29, 0.717) is 12.8 Å². The van der Waals surface area contributed by atoms with E-state index >= 15 is 0 Å². The maximum absolute atomic E-state index is 12.3. The molecule has 112 valence electrons. The van der Waals surface area contributed by atoms with Crippen LogP contribution < -0.4 is 0 Å². The lowest BCUT2D eigenvalue weighted by Crippen LogP contribution is -2.43. The van der Waals surface area contributed by atoms with Gasteiger partial charge in [-0.15, -0.1) is 0 Å². The van der Waals surface area contributed by atoms with Gasteiger partial charge in [-0.3, -0.25) is 9.59 Å². The van der Waals surface area contributed by atoms with E-state index in [0.717, 1.165) is 5.75 Å². The van der Waals surface area contributed by atoms with Crippen LogP contribution in [0.1, 0.15) is 40.5 Å². The van der Waals surface area contributed by atoms with Crippen molar-refractivity contribution in [1.29, 1.82) is 0 Å². The van der Waals surface area contributed by atoms with Gasteiger partial charge in [-0.1, -0.05) is 13.8 Å². The van der Waals surface area contributed by atoms with Crippen LogP contribution >= 0.6 is 11.8 Å². The molecular weight excluding hydrogens is 264 g/mol. The number of carbonyl (C=O) groups excluding carboxylic acids is 2. The summed E-state index contributed by atoms with van der Waals surface area (Å²) in [6, 6.07) is 0. The highest BCUT2D eigenvalue weighted by atomic mass is 32.2. The van der Waals surface area contributed by atoms with Crippen molar-refractivity contribution in [2.24, 2.45) is 11.3 Å². The topological polar surface area (TPSA) is 52.6 Å². The number of hydrogen-bond donors (Lipinski definition) is 0. The van der Waals surface area contributed by atoms with E-state index in [1.807, 2.05) is 20.1 Å². The summed E-state index contributed by atoms with van der Waals surface area (Å²) in [6.07, 6.45) is 2.88. The van der Waals surface area contributed by atoms with E-state index in [1.165, 1.54) is 0 Å². The van der Waals surface area contributed by atoms with Crippen LogP contribution in [-0.4, -0.2) is 37.2 Å². The van der Waals surface area contributed by atoms with Crippen LogP contribution in [0.4, 0.5) is 0 Å².